The van der Waals surface area contributed by atoms with Gasteiger partial charge < -0.3 is 20.5 Å². The Labute approximate surface area is 205 Å². The van der Waals surface area contributed by atoms with E-state index in [1.807, 2.05) is 24.3 Å². The van der Waals surface area contributed by atoms with E-state index in [1.165, 1.54) is 0 Å². The van der Waals surface area contributed by atoms with Gasteiger partial charge in [0.05, 0.1) is 5.41 Å². The van der Waals surface area contributed by atoms with Crippen molar-refractivity contribution in [2.75, 3.05) is 13.2 Å². The second-order valence-corrected chi connectivity index (χ2v) is 11.1. The summed E-state index contributed by atoms with van der Waals surface area (Å²) in [4.78, 5) is 37.6. The number of aliphatic carboxylic acids is 1. The molecular weight excluding hydrogens is 444 g/mol. The molecule has 2 aromatic carbocycles. The van der Waals surface area contributed by atoms with Gasteiger partial charge in [0, 0.05) is 12.5 Å². The van der Waals surface area contributed by atoms with Crippen LogP contribution >= 0.6 is 0 Å². The van der Waals surface area contributed by atoms with Crippen molar-refractivity contribution in [3.63, 3.8) is 0 Å². The summed E-state index contributed by atoms with van der Waals surface area (Å²) in [5, 5.41) is 15.0. The molecule has 3 N–H and O–H groups in total. The number of carboxylic acid groups (broad SMARTS) is 1. The quantitative estimate of drug-likeness (QED) is 0.547. The fraction of sp³-hybridized carbons (Fsp3) is 0.464. The first-order valence-electron chi connectivity index (χ1n) is 12.3. The first-order valence-corrected chi connectivity index (χ1v) is 12.3. The van der Waals surface area contributed by atoms with Gasteiger partial charge in [0.15, 0.2) is 0 Å². The van der Waals surface area contributed by atoms with E-state index in [-0.39, 0.29) is 30.4 Å². The van der Waals surface area contributed by atoms with E-state index in [0.717, 1.165) is 41.5 Å². The molecule has 7 heteroatoms. The minimum Gasteiger partial charge on any atom is -0.481 e. The third kappa shape index (κ3) is 4.07. The van der Waals surface area contributed by atoms with Crippen molar-refractivity contribution in [2.45, 2.75) is 57.4 Å². The number of hydrogen-bond acceptors (Lipinski definition) is 4. The summed E-state index contributed by atoms with van der Waals surface area (Å²) in [5.74, 6) is -1.38. The Balaban J connectivity index is 1.26. The van der Waals surface area contributed by atoms with Crippen LogP contribution in [0.2, 0.25) is 0 Å². The Morgan fingerprint density at radius 3 is 2.09 bits per heavy atom. The van der Waals surface area contributed by atoms with Crippen molar-refractivity contribution in [1.82, 2.24) is 10.6 Å². The molecule has 1 spiro atoms. The highest BCUT2D eigenvalue weighted by molar-refractivity contribution is 5.92. The van der Waals surface area contributed by atoms with Crippen LogP contribution in [-0.4, -0.2) is 41.8 Å². The van der Waals surface area contributed by atoms with Gasteiger partial charge in [0.1, 0.15) is 12.1 Å². The van der Waals surface area contributed by atoms with Crippen molar-refractivity contribution in [3.05, 3.63) is 59.7 Å². The van der Waals surface area contributed by atoms with Crippen LogP contribution < -0.4 is 10.6 Å². The SMILES string of the molecule is CC(C)(CNC(=O)C1(NC(=O)OCC2c3ccccc3-c3ccccc32)CC2(CCC2)C1)C(=O)O. The van der Waals surface area contributed by atoms with Crippen LogP contribution in [0.25, 0.3) is 11.1 Å². The second-order valence-electron chi connectivity index (χ2n) is 11.1. The molecule has 2 aromatic rings. The highest BCUT2D eigenvalue weighted by Crippen LogP contribution is 2.60. The Morgan fingerprint density at radius 2 is 1.57 bits per heavy atom. The van der Waals surface area contributed by atoms with Crippen LogP contribution in [0, 0.1) is 10.8 Å². The van der Waals surface area contributed by atoms with Gasteiger partial charge in [-0.2, -0.15) is 0 Å². The van der Waals surface area contributed by atoms with Gasteiger partial charge in [0.25, 0.3) is 0 Å². The van der Waals surface area contributed by atoms with Crippen LogP contribution in [0.5, 0.6) is 0 Å². The first kappa shape index (κ1) is 23.4. The van der Waals surface area contributed by atoms with E-state index in [4.69, 9.17) is 4.74 Å². The standard InChI is InChI=1S/C28H32N2O5/c1-26(2,24(32)33)17-29-23(31)28(15-27(16-28)12-7-13-27)30-25(34)35-14-22-20-10-5-3-8-18(20)19-9-4-6-11-21(19)22/h3-6,8-11,22H,7,12-17H2,1-2H3,(H,29,31)(H,30,34)(H,32,33). The van der Waals surface area contributed by atoms with Gasteiger partial charge in [-0.3, -0.25) is 9.59 Å². The molecule has 0 saturated heterocycles. The smallest absolute Gasteiger partial charge is 0.408 e. The molecular formula is C28H32N2O5. The number of alkyl carbamates (subject to hydrolysis) is 1. The van der Waals surface area contributed by atoms with Crippen molar-refractivity contribution in [2.24, 2.45) is 10.8 Å². The number of carboxylic acids is 1. The Kier molecular flexibility index (Phi) is 5.61. The molecule has 2 fully saturated rings. The summed E-state index contributed by atoms with van der Waals surface area (Å²) in [6.07, 6.45) is 3.74. The monoisotopic (exact) mass is 476 g/mol. The predicted molar refractivity (Wildman–Crippen MR) is 131 cm³/mol. The summed E-state index contributed by atoms with van der Waals surface area (Å²) in [6.45, 7) is 3.29. The van der Waals surface area contributed by atoms with Crippen LogP contribution in [0.1, 0.15) is 63.0 Å². The van der Waals surface area contributed by atoms with Crippen LogP contribution in [0.15, 0.2) is 48.5 Å². The van der Waals surface area contributed by atoms with Crippen molar-refractivity contribution < 1.29 is 24.2 Å². The summed E-state index contributed by atoms with van der Waals surface area (Å²) in [6, 6.07) is 16.3. The molecule has 0 heterocycles. The summed E-state index contributed by atoms with van der Waals surface area (Å²) in [7, 11) is 0. The van der Waals surface area contributed by atoms with Gasteiger partial charge in [0.2, 0.25) is 5.91 Å². The molecule has 3 aliphatic rings. The van der Waals surface area contributed by atoms with E-state index in [2.05, 4.69) is 34.9 Å². The zero-order valence-corrected chi connectivity index (χ0v) is 20.2. The van der Waals surface area contributed by atoms with Crippen LogP contribution in [-0.2, 0) is 14.3 Å². The van der Waals surface area contributed by atoms with Gasteiger partial charge in [-0.05, 0) is 67.2 Å². The van der Waals surface area contributed by atoms with E-state index < -0.39 is 23.0 Å². The Morgan fingerprint density at radius 1 is 1.00 bits per heavy atom. The lowest BCUT2D eigenvalue weighted by atomic mass is 9.48. The largest absolute Gasteiger partial charge is 0.481 e. The molecule has 0 radical (unpaired) electrons. The summed E-state index contributed by atoms with van der Waals surface area (Å²) >= 11 is 0. The van der Waals surface area contributed by atoms with Crippen molar-refractivity contribution >= 4 is 18.0 Å². The Hall–Kier alpha value is -3.35. The number of benzene rings is 2. The minimum atomic E-state index is -1.10. The maximum Gasteiger partial charge on any atom is 0.408 e. The summed E-state index contributed by atoms with van der Waals surface area (Å²) < 4.78 is 5.70. The highest BCUT2D eigenvalue weighted by Gasteiger charge is 2.61. The number of rotatable bonds is 7. The topological polar surface area (TPSA) is 105 Å². The molecule has 0 aliphatic heterocycles. The number of amides is 2. The van der Waals surface area contributed by atoms with Crippen LogP contribution in [0.4, 0.5) is 4.79 Å². The molecule has 0 bridgehead atoms. The fourth-order valence-electron chi connectivity index (χ4n) is 5.94. The number of nitrogens with one attached hydrogen (secondary N) is 2. The molecule has 184 valence electrons. The minimum absolute atomic E-state index is 0.0116. The number of carbonyl (C=O) groups is 3. The van der Waals surface area contributed by atoms with E-state index >= 15 is 0 Å². The number of fused-ring (bicyclic) bond motifs is 3. The zero-order valence-electron chi connectivity index (χ0n) is 20.2. The van der Waals surface area contributed by atoms with E-state index in [0.29, 0.717) is 12.8 Å². The third-order valence-corrected chi connectivity index (χ3v) is 8.16. The molecule has 2 amide bonds. The predicted octanol–water partition coefficient (Wildman–Crippen LogP) is 4.46. The molecule has 7 nitrogen and oxygen atoms in total. The second kappa shape index (κ2) is 8.40. The van der Waals surface area contributed by atoms with Gasteiger partial charge >= 0.3 is 12.1 Å². The normalized spacial score (nSPS) is 19.0. The van der Waals surface area contributed by atoms with E-state index in [9.17, 15) is 19.5 Å². The van der Waals surface area contributed by atoms with Gasteiger partial charge in [-0.15, -0.1) is 0 Å². The lowest BCUT2D eigenvalue weighted by Crippen LogP contribution is -2.71. The highest BCUT2D eigenvalue weighted by atomic mass is 16.5. The number of ether oxygens (including phenoxy) is 1. The van der Waals surface area contributed by atoms with Crippen molar-refractivity contribution in [1.29, 1.82) is 0 Å². The molecule has 3 aliphatic carbocycles. The maximum atomic E-state index is 13.2. The molecule has 2 saturated carbocycles. The first-order chi connectivity index (χ1) is 16.6. The van der Waals surface area contributed by atoms with Gasteiger partial charge in [-0.25, -0.2) is 4.79 Å². The number of hydrogen-bond donors (Lipinski definition) is 3. The maximum absolute atomic E-state index is 13.2. The summed E-state index contributed by atoms with van der Waals surface area (Å²) in [5.41, 5.74) is 2.51. The molecule has 5 rings (SSSR count). The third-order valence-electron chi connectivity index (χ3n) is 8.16. The fourth-order valence-corrected chi connectivity index (χ4v) is 5.94. The average molecular weight is 477 g/mol. The zero-order chi connectivity index (χ0) is 24.8. The lowest BCUT2D eigenvalue weighted by Gasteiger charge is -2.59. The van der Waals surface area contributed by atoms with Crippen LogP contribution in [0.3, 0.4) is 0 Å². The molecule has 0 unspecified atom stereocenters. The number of carbonyl (C=O) groups excluding carboxylic acids is 2. The molecule has 0 atom stereocenters. The van der Waals surface area contributed by atoms with Gasteiger partial charge in [-0.1, -0.05) is 55.0 Å². The molecule has 0 aromatic heterocycles. The average Bonchev–Trinajstić information content (AvgIpc) is 3.10. The van der Waals surface area contributed by atoms with Crippen molar-refractivity contribution in [3.8, 4) is 11.1 Å². The lowest BCUT2D eigenvalue weighted by molar-refractivity contribution is -0.149. The Bertz CT molecular complexity index is 1130. The van der Waals surface area contributed by atoms with E-state index in [1.54, 1.807) is 13.8 Å². The molecule has 35 heavy (non-hydrogen) atoms.